The van der Waals surface area contributed by atoms with Crippen LogP contribution in [-0.2, 0) is 0 Å². The van der Waals surface area contributed by atoms with Crippen molar-refractivity contribution < 1.29 is 8.78 Å². The quantitative estimate of drug-likeness (QED) is 0.924. The van der Waals surface area contributed by atoms with Crippen LogP contribution in [0.5, 0.6) is 0 Å². The highest BCUT2D eigenvalue weighted by Crippen LogP contribution is 2.25. The maximum absolute atomic E-state index is 13.8. The Labute approximate surface area is 109 Å². The van der Waals surface area contributed by atoms with Gasteiger partial charge in [-0.25, -0.2) is 8.78 Å². The van der Waals surface area contributed by atoms with Gasteiger partial charge in [-0.1, -0.05) is 17.7 Å². The zero-order valence-electron chi connectivity index (χ0n) is 9.62. The lowest BCUT2D eigenvalue weighted by molar-refractivity contribution is 0.566. The molecule has 0 aliphatic rings. The Morgan fingerprint density at radius 3 is 2.56 bits per heavy atom. The molecule has 1 atom stereocenters. The van der Waals surface area contributed by atoms with Crippen molar-refractivity contribution in [2.24, 2.45) is 0 Å². The Hall–Kier alpha value is -1.52. The molecule has 1 unspecified atom stereocenters. The van der Waals surface area contributed by atoms with E-state index in [1.807, 2.05) is 0 Å². The topological polar surface area (TPSA) is 24.9 Å². The summed E-state index contributed by atoms with van der Waals surface area (Å²) >= 11 is 5.71. The van der Waals surface area contributed by atoms with E-state index in [1.54, 1.807) is 19.2 Å². The fourth-order valence-corrected chi connectivity index (χ4v) is 1.92. The average molecular weight is 269 g/mol. The van der Waals surface area contributed by atoms with Gasteiger partial charge in [0.15, 0.2) is 0 Å². The number of nitrogens with one attached hydrogen (secondary N) is 1. The van der Waals surface area contributed by atoms with Crippen molar-refractivity contribution in [2.45, 2.75) is 6.04 Å². The third-order valence-corrected chi connectivity index (χ3v) is 2.84. The Kier molecular flexibility index (Phi) is 3.89. The summed E-state index contributed by atoms with van der Waals surface area (Å²) in [5.41, 5.74) is 0.959. The van der Waals surface area contributed by atoms with Crippen LogP contribution < -0.4 is 5.32 Å². The molecule has 0 spiro atoms. The molecule has 0 radical (unpaired) electrons. The van der Waals surface area contributed by atoms with Crippen molar-refractivity contribution in [3.05, 3.63) is 64.4 Å². The second kappa shape index (κ2) is 5.42. The van der Waals surface area contributed by atoms with E-state index in [9.17, 15) is 8.78 Å². The zero-order valence-corrected chi connectivity index (χ0v) is 10.4. The number of hydrogen-bond acceptors (Lipinski definition) is 2. The fraction of sp³-hybridized carbons (Fsp3) is 0.154. The van der Waals surface area contributed by atoms with Crippen LogP contribution in [0.4, 0.5) is 8.78 Å². The molecule has 0 aliphatic heterocycles. The van der Waals surface area contributed by atoms with Crippen LogP contribution in [0.25, 0.3) is 0 Å². The number of rotatable bonds is 3. The van der Waals surface area contributed by atoms with Crippen molar-refractivity contribution in [3.8, 4) is 0 Å². The molecule has 2 rings (SSSR count). The second-order valence-corrected chi connectivity index (χ2v) is 4.23. The van der Waals surface area contributed by atoms with E-state index in [0.717, 1.165) is 6.20 Å². The van der Waals surface area contributed by atoms with Gasteiger partial charge in [0.1, 0.15) is 11.6 Å². The van der Waals surface area contributed by atoms with E-state index >= 15 is 0 Å². The molecule has 1 aromatic heterocycles. The molecule has 1 aromatic carbocycles. The van der Waals surface area contributed by atoms with E-state index in [2.05, 4.69) is 10.3 Å². The number of benzene rings is 1. The van der Waals surface area contributed by atoms with Gasteiger partial charge in [-0.3, -0.25) is 4.98 Å². The summed E-state index contributed by atoms with van der Waals surface area (Å²) in [6.45, 7) is 0. The Morgan fingerprint density at radius 2 is 2.00 bits per heavy atom. The highest BCUT2D eigenvalue weighted by molar-refractivity contribution is 6.30. The van der Waals surface area contributed by atoms with E-state index in [4.69, 9.17) is 11.6 Å². The van der Waals surface area contributed by atoms with Crippen LogP contribution in [0.2, 0.25) is 5.02 Å². The summed E-state index contributed by atoms with van der Waals surface area (Å²) in [5, 5.41) is 3.28. The van der Waals surface area contributed by atoms with Crippen LogP contribution >= 0.6 is 11.6 Å². The minimum absolute atomic E-state index is 0.332. The summed E-state index contributed by atoms with van der Waals surface area (Å²) in [4.78, 5) is 3.95. The summed E-state index contributed by atoms with van der Waals surface area (Å²) in [5.74, 6) is -0.849. The maximum atomic E-state index is 13.8. The smallest absolute Gasteiger partial charge is 0.141 e. The molecule has 0 saturated carbocycles. The predicted molar refractivity (Wildman–Crippen MR) is 66.5 cm³/mol. The first-order valence-corrected chi connectivity index (χ1v) is 5.73. The van der Waals surface area contributed by atoms with Gasteiger partial charge in [0, 0.05) is 10.6 Å². The van der Waals surface area contributed by atoms with Gasteiger partial charge in [0.2, 0.25) is 0 Å². The molecule has 0 bridgehead atoms. The van der Waals surface area contributed by atoms with Crippen LogP contribution in [0, 0.1) is 11.6 Å². The molecule has 1 heterocycles. The Bertz CT molecular complexity index is 543. The fourth-order valence-electron chi connectivity index (χ4n) is 1.76. The van der Waals surface area contributed by atoms with Gasteiger partial charge in [-0.05, 0) is 31.3 Å². The van der Waals surface area contributed by atoms with Crippen molar-refractivity contribution in [1.82, 2.24) is 10.3 Å². The van der Waals surface area contributed by atoms with Crippen LogP contribution in [0.15, 0.2) is 36.5 Å². The molecular formula is C13H11ClF2N2. The predicted octanol–water partition coefficient (Wildman–Crippen LogP) is 3.32. The van der Waals surface area contributed by atoms with Gasteiger partial charge < -0.3 is 5.32 Å². The maximum Gasteiger partial charge on any atom is 0.141 e. The minimum atomic E-state index is -0.442. The van der Waals surface area contributed by atoms with Crippen molar-refractivity contribution in [3.63, 3.8) is 0 Å². The molecule has 18 heavy (non-hydrogen) atoms. The van der Waals surface area contributed by atoms with E-state index in [-0.39, 0.29) is 0 Å². The number of hydrogen-bond donors (Lipinski definition) is 1. The van der Waals surface area contributed by atoms with Crippen molar-refractivity contribution in [1.29, 1.82) is 0 Å². The molecule has 5 heteroatoms. The highest BCUT2D eigenvalue weighted by atomic mass is 35.5. The van der Waals surface area contributed by atoms with Gasteiger partial charge in [-0.2, -0.15) is 0 Å². The summed E-state index contributed by atoms with van der Waals surface area (Å²) in [6, 6.07) is 6.80. The van der Waals surface area contributed by atoms with Gasteiger partial charge in [0.25, 0.3) is 0 Å². The van der Waals surface area contributed by atoms with Gasteiger partial charge in [0.05, 0.1) is 17.9 Å². The van der Waals surface area contributed by atoms with Gasteiger partial charge in [-0.15, -0.1) is 0 Å². The molecule has 2 aromatic rings. The molecular weight excluding hydrogens is 258 g/mol. The van der Waals surface area contributed by atoms with Crippen LogP contribution in [0.3, 0.4) is 0 Å². The highest BCUT2D eigenvalue weighted by Gasteiger charge is 2.17. The summed E-state index contributed by atoms with van der Waals surface area (Å²) < 4.78 is 26.6. The average Bonchev–Trinajstić information content (AvgIpc) is 2.35. The third kappa shape index (κ3) is 2.66. The first-order valence-electron chi connectivity index (χ1n) is 5.35. The zero-order chi connectivity index (χ0) is 13.1. The monoisotopic (exact) mass is 268 g/mol. The molecule has 1 N–H and O–H groups in total. The Morgan fingerprint density at radius 1 is 1.22 bits per heavy atom. The lowest BCUT2D eigenvalue weighted by atomic mass is 10.0. The first-order chi connectivity index (χ1) is 8.61. The number of nitrogens with zero attached hydrogens (tertiary/aromatic N) is 1. The van der Waals surface area contributed by atoms with Crippen LogP contribution in [-0.4, -0.2) is 12.0 Å². The molecule has 0 fully saturated rings. The number of halogens is 3. The van der Waals surface area contributed by atoms with Gasteiger partial charge >= 0.3 is 0 Å². The van der Waals surface area contributed by atoms with E-state index in [0.29, 0.717) is 16.3 Å². The summed E-state index contributed by atoms with van der Waals surface area (Å²) in [6.07, 6.45) is 1.10. The van der Waals surface area contributed by atoms with Crippen molar-refractivity contribution >= 4 is 11.6 Å². The molecule has 94 valence electrons. The minimum Gasteiger partial charge on any atom is -0.308 e. The molecule has 0 aliphatic carbocycles. The molecule has 0 amide bonds. The second-order valence-electron chi connectivity index (χ2n) is 3.79. The lowest BCUT2D eigenvalue weighted by Crippen LogP contribution is -2.20. The standard InChI is InChI=1S/C13H11ClF2N2/c1-17-13(12-5-3-9(15)7-18-12)10-4-2-8(14)6-11(10)16/h2-7,13,17H,1H3. The van der Waals surface area contributed by atoms with E-state index < -0.39 is 17.7 Å². The SMILES string of the molecule is CNC(c1ccc(F)cn1)c1ccc(Cl)cc1F. The van der Waals surface area contributed by atoms with Crippen molar-refractivity contribution in [2.75, 3.05) is 7.05 Å². The molecule has 0 saturated heterocycles. The molecule has 2 nitrogen and oxygen atoms in total. The summed E-state index contributed by atoms with van der Waals surface area (Å²) in [7, 11) is 1.68. The van der Waals surface area contributed by atoms with E-state index in [1.165, 1.54) is 18.2 Å². The Balaban J connectivity index is 2.41. The largest absolute Gasteiger partial charge is 0.308 e. The number of pyridine rings is 1. The number of aromatic nitrogens is 1. The third-order valence-electron chi connectivity index (χ3n) is 2.61. The normalized spacial score (nSPS) is 12.4. The van der Waals surface area contributed by atoms with Crippen LogP contribution in [0.1, 0.15) is 17.3 Å². The first kappa shape index (κ1) is 12.9. The lowest BCUT2D eigenvalue weighted by Gasteiger charge is -2.16.